The van der Waals surface area contributed by atoms with Gasteiger partial charge < -0.3 is 20.3 Å². The van der Waals surface area contributed by atoms with Gasteiger partial charge in [0.05, 0.1) is 6.10 Å². The van der Waals surface area contributed by atoms with Gasteiger partial charge in [0.25, 0.3) is 0 Å². The van der Waals surface area contributed by atoms with Crippen molar-refractivity contribution in [2.45, 2.75) is 57.2 Å². The van der Waals surface area contributed by atoms with Gasteiger partial charge in [0.2, 0.25) is 12.4 Å². The van der Waals surface area contributed by atoms with Gasteiger partial charge >= 0.3 is 0 Å². The van der Waals surface area contributed by atoms with E-state index in [2.05, 4.69) is 55.5 Å². The highest BCUT2D eigenvalue weighted by molar-refractivity contribution is 5.94. The highest BCUT2D eigenvalue weighted by Crippen LogP contribution is 2.36. The van der Waals surface area contributed by atoms with E-state index >= 15 is 0 Å². The van der Waals surface area contributed by atoms with E-state index in [1.54, 1.807) is 6.20 Å². The van der Waals surface area contributed by atoms with Crippen LogP contribution < -0.4 is 10.6 Å². The minimum atomic E-state index is -2.36. The zero-order valence-corrected chi connectivity index (χ0v) is 21.2. The summed E-state index contributed by atoms with van der Waals surface area (Å²) in [5.41, 5.74) is 4.28. The normalized spacial score (nSPS) is 21.0. The SMILES string of the molecule is Cl.OC1CCC(n2cc(-c3ccc(CN4CCNCC4)cc3)c3cnc(NCCC(F)F)nc32)CC1. The van der Waals surface area contributed by atoms with Crippen LogP contribution in [0.3, 0.4) is 0 Å². The third-order valence-corrected chi connectivity index (χ3v) is 7.16. The lowest BCUT2D eigenvalue weighted by atomic mass is 9.93. The number of nitrogens with zero attached hydrogens (tertiary/aromatic N) is 4. The van der Waals surface area contributed by atoms with Gasteiger partial charge in [-0.15, -0.1) is 12.4 Å². The van der Waals surface area contributed by atoms with Gasteiger partial charge in [0.15, 0.2) is 0 Å². The first kappa shape index (κ1) is 26.7. The molecule has 1 saturated heterocycles. The van der Waals surface area contributed by atoms with Crippen LogP contribution >= 0.6 is 12.4 Å². The second kappa shape index (κ2) is 12.3. The van der Waals surface area contributed by atoms with Crippen LogP contribution in [0.5, 0.6) is 0 Å². The molecule has 3 heterocycles. The van der Waals surface area contributed by atoms with Crippen LogP contribution in [0.25, 0.3) is 22.2 Å². The Kier molecular flexibility index (Phi) is 9.11. The first-order chi connectivity index (χ1) is 17.1. The van der Waals surface area contributed by atoms with Crippen LogP contribution in [0.1, 0.15) is 43.7 Å². The summed E-state index contributed by atoms with van der Waals surface area (Å²) in [7, 11) is 0. The minimum absolute atomic E-state index is 0. The number of hydrogen-bond acceptors (Lipinski definition) is 6. The zero-order valence-electron chi connectivity index (χ0n) is 20.4. The zero-order chi connectivity index (χ0) is 24.2. The second-order valence-corrected chi connectivity index (χ2v) is 9.67. The molecule has 1 aromatic carbocycles. The number of aliphatic hydroxyl groups is 1. The molecular formula is C26H35ClF2N6O. The lowest BCUT2D eigenvalue weighted by Crippen LogP contribution is -2.42. The van der Waals surface area contributed by atoms with Gasteiger partial charge in [-0.25, -0.2) is 13.8 Å². The minimum Gasteiger partial charge on any atom is -0.393 e. The number of rotatable bonds is 8. The first-order valence-electron chi connectivity index (χ1n) is 12.7. The number of halogens is 3. The molecule has 196 valence electrons. The van der Waals surface area contributed by atoms with Crippen molar-refractivity contribution in [1.29, 1.82) is 0 Å². The molecule has 2 fully saturated rings. The quantitative estimate of drug-likeness (QED) is 0.407. The summed E-state index contributed by atoms with van der Waals surface area (Å²) in [5, 5.41) is 17.3. The van der Waals surface area contributed by atoms with E-state index in [0.717, 1.165) is 80.6 Å². The van der Waals surface area contributed by atoms with Gasteiger partial charge in [-0.2, -0.15) is 4.98 Å². The maximum absolute atomic E-state index is 12.6. The number of alkyl halides is 2. The molecule has 3 aromatic rings. The summed E-state index contributed by atoms with van der Waals surface area (Å²) >= 11 is 0. The number of piperazine rings is 1. The highest BCUT2D eigenvalue weighted by atomic mass is 35.5. The van der Waals surface area contributed by atoms with E-state index in [1.807, 2.05) is 0 Å². The molecule has 7 nitrogen and oxygen atoms in total. The van der Waals surface area contributed by atoms with Crippen molar-refractivity contribution >= 4 is 29.4 Å². The number of benzene rings is 1. The summed E-state index contributed by atoms with van der Waals surface area (Å²) in [6, 6.07) is 8.95. The first-order valence-corrected chi connectivity index (χ1v) is 12.7. The van der Waals surface area contributed by atoms with Crippen LogP contribution in [0.15, 0.2) is 36.7 Å². The smallest absolute Gasteiger partial charge is 0.240 e. The summed E-state index contributed by atoms with van der Waals surface area (Å²) in [6.07, 6.45) is 4.41. The molecule has 1 aliphatic heterocycles. The Morgan fingerprint density at radius 3 is 2.50 bits per heavy atom. The third kappa shape index (κ3) is 6.32. The van der Waals surface area contributed by atoms with Crippen LogP contribution in [0, 0.1) is 0 Å². The molecule has 0 amide bonds. The van der Waals surface area contributed by atoms with Crippen LogP contribution in [-0.2, 0) is 6.54 Å². The Morgan fingerprint density at radius 2 is 1.81 bits per heavy atom. The van der Waals surface area contributed by atoms with Crippen molar-refractivity contribution in [3.05, 3.63) is 42.2 Å². The topological polar surface area (TPSA) is 78.2 Å². The fraction of sp³-hybridized carbons (Fsp3) is 0.538. The molecular weight excluding hydrogens is 486 g/mol. The second-order valence-electron chi connectivity index (χ2n) is 9.67. The number of fused-ring (bicyclic) bond motifs is 1. The molecule has 10 heteroatoms. The number of nitrogens with one attached hydrogen (secondary N) is 2. The summed E-state index contributed by atoms with van der Waals surface area (Å²) in [4.78, 5) is 11.6. The van der Waals surface area contributed by atoms with Gasteiger partial charge in [0, 0.05) is 75.1 Å². The molecule has 36 heavy (non-hydrogen) atoms. The number of anilines is 1. The monoisotopic (exact) mass is 520 g/mol. The van der Waals surface area contributed by atoms with Crippen LogP contribution in [0.4, 0.5) is 14.7 Å². The van der Waals surface area contributed by atoms with Crippen LogP contribution in [0.2, 0.25) is 0 Å². The molecule has 0 bridgehead atoms. The molecule has 2 aliphatic rings. The van der Waals surface area contributed by atoms with Crippen molar-refractivity contribution in [2.75, 3.05) is 38.0 Å². The Hall–Kier alpha value is -2.33. The Bertz CT molecular complexity index is 1110. The highest BCUT2D eigenvalue weighted by Gasteiger charge is 2.24. The number of aromatic nitrogens is 3. The number of aliphatic hydroxyl groups excluding tert-OH is 1. The van der Waals surface area contributed by atoms with E-state index in [0.29, 0.717) is 5.95 Å². The van der Waals surface area contributed by atoms with Gasteiger partial charge in [0.1, 0.15) is 5.65 Å². The van der Waals surface area contributed by atoms with E-state index in [-0.39, 0.29) is 37.5 Å². The number of hydrogen-bond donors (Lipinski definition) is 3. The fourth-order valence-corrected chi connectivity index (χ4v) is 5.17. The predicted molar refractivity (Wildman–Crippen MR) is 141 cm³/mol. The summed E-state index contributed by atoms with van der Waals surface area (Å²) in [5.74, 6) is 0.367. The Labute approximate surface area is 216 Å². The van der Waals surface area contributed by atoms with Gasteiger partial charge in [-0.05, 0) is 36.8 Å². The molecule has 5 rings (SSSR count). The summed E-state index contributed by atoms with van der Waals surface area (Å²) < 4.78 is 27.3. The maximum atomic E-state index is 12.6. The molecule has 0 spiro atoms. The Balaban J connectivity index is 0.00000304. The lowest BCUT2D eigenvalue weighted by Gasteiger charge is -2.27. The molecule has 0 atom stereocenters. The van der Waals surface area contributed by atoms with Crippen molar-refractivity contribution in [2.24, 2.45) is 0 Å². The maximum Gasteiger partial charge on any atom is 0.240 e. The fourth-order valence-electron chi connectivity index (χ4n) is 5.17. The van der Waals surface area contributed by atoms with Crippen molar-refractivity contribution in [3.8, 4) is 11.1 Å². The Morgan fingerprint density at radius 1 is 1.08 bits per heavy atom. The molecule has 2 aromatic heterocycles. The molecule has 1 saturated carbocycles. The van der Waals surface area contributed by atoms with Gasteiger partial charge in [-0.1, -0.05) is 24.3 Å². The third-order valence-electron chi connectivity index (χ3n) is 7.16. The molecule has 1 aliphatic carbocycles. The molecule has 0 radical (unpaired) electrons. The van der Waals surface area contributed by atoms with Crippen LogP contribution in [-0.4, -0.2) is 69.8 Å². The van der Waals surface area contributed by atoms with Crippen molar-refractivity contribution in [3.63, 3.8) is 0 Å². The lowest BCUT2D eigenvalue weighted by molar-refractivity contribution is 0.111. The van der Waals surface area contributed by atoms with E-state index in [1.165, 1.54) is 5.56 Å². The average Bonchev–Trinajstić information content (AvgIpc) is 3.24. The van der Waals surface area contributed by atoms with Crippen molar-refractivity contribution < 1.29 is 13.9 Å². The molecule has 0 unspecified atom stereocenters. The predicted octanol–water partition coefficient (Wildman–Crippen LogP) is 4.47. The van der Waals surface area contributed by atoms with Crippen molar-refractivity contribution in [1.82, 2.24) is 24.8 Å². The average molecular weight is 521 g/mol. The van der Waals surface area contributed by atoms with E-state index in [4.69, 9.17) is 4.98 Å². The molecule has 3 N–H and O–H groups in total. The van der Waals surface area contributed by atoms with Gasteiger partial charge in [-0.3, -0.25) is 4.90 Å². The van der Waals surface area contributed by atoms with E-state index < -0.39 is 6.43 Å². The van der Waals surface area contributed by atoms with E-state index in [9.17, 15) is 13.9 Å². The largest absolute Gasteiger partial charge is 0.393 e. The standard InChI is InChI=1S/C26H34F2N6O.ClH/c27-24(28)9-10-30-26-31-15-22-23(17-34(25(22)32-26)20-5-7-21(35)8-6-20)19-3-1-18(2-4-19)16-33-13-11-29-12-14-33;/h1-4,15,17,20-21,24,29,35H,5-14,16H2,(H,30,31,32);1H. The summed E-state index contributed by atoms with van der Waals surface area (Å²) in [6.45, 7) is 5.28.